The first kappa shape index (κ1) is 19.4. The van der Waals surface area contributed by atoms with Crippen molar-refractivity contribution in [3.05, 3.63) is 29.8 Å². The Bertz CT molecular complexity index is 453. The number of nitrogens with one attached hydrogen (secondary N) is 1. The van der Waals surface area contributed by atoms with Crippen LogP contribution in [0.1, 0.15) is 39.2 Å². The van der Waals surface area contributed by atoms with Crippen molar-refractivity contribution in [3.63, 3.8) is 0 Å². The Morgan fingerprint density at radius 2 is 1.86 bits per heavy atom. The maximum Gasteiger partial charge on any atom is 0.317 e. The van der Waals surface area contributed by atoms with E-state index in [1.165, 1.54) is 24.1 Å². The molecule has 1 rings (SSSR count). The van der Waals surface area contributed by atoms with Gasteiger partial charge in [0.2, 0.25) is 0 Å². The highest BCUT2D eigenvalue weighted by Crippen LogP contribution is 2.41. The van der Waals surface area contributed by atoms with Crippen LogP contribution in [-0.4, -0.2) is 43.7 Å². The molecule has 0 bridgehead atoms. The molecule has 0 aromatic heterocycles. The van der Waals surface area contributed by atoms with Crippen molar-refractivity contribution in [2.75, 3.05) is 33.0 Å². The Morgan fingerprint density at radius 1 is 1.23 bits per heavy atom. The summed E-state index contributed by atoms with van der Waals surface area (Å²) in [6.07, 6.45) is 2.50. The standard InChI is InChI=1S/C17H32BN3S/c1-8-9-14-20(6)18(4)21(7)22-17(2,3)15-12-10-11-13-16(15)19-5/h10-13,19H,8-9,14H2,1-7H3. The van der Waals surface area contributed by atoms with Gasteiger partial charge in [-0.3, -0.25) is 4.22 Å². The minimum atomic E-state index is 0.0220. The minimum Gasteiger partial charge on any atom is -0.388 e. The number of hydrogen-bond donors (Lipinski definition) is 1. The van der Waals surface area contributed by atoms with Crippen molar-refractivity contribution in [3.8, 4) is 0 Å². The molecule has 0 saturated carbocycles. The molecule has 22 heavy (non-hydrogen) atoms. The van der Waals surface area contributed by atoms with Crippen LogP contribution in [0.5, 0.6) is 0 Å². The zero-order valence-corrected chi connectivity index (χ0v) is 16.1. The van der Waals surface area contributed by atoms with E-state index in [-0.39, 0.29) is 4.75 Å². The molecule has 5 heteroatoms. The summed E-state index contributed by atoms with van der Waals surface area (Å²) in [5, 5.41) is 3.31. The van der Waals surface area contributed by atoms with Gasteiger partial charge in [-0.15, -0.1) is 0 Å². The molecule has 1 N–H and O–H groups in total. The summed E-state index contributed by atoms with van der Waals surface area (Å²) in [6.45, 7) is 10.7. The molecular formula is C17H32BN3S. The molecule has 124 valence electrons. The number of para-hydroxylation sites is 1. The predicted octanol–water partition coefficient (Wildman–Crippen LogP) is 4.39. The number of hydrogen-bond acceptors (Lipinski definition) is 4. The average Bonchev–Trinajstić information content (AvgIpc) is 2.51. The normalized spacial score (nSPS) is 12.0. The molecule has 0 aliphatic carbocycles. The number of nitrogens with zero attached hydrogens (tertiary/aromatic N) is 2. The lowest BCUT2D eigenvalue weighted by Gasteiger charge is -2.36. The van der Waals surface area contributed by atoms with Crippen LogP contribution in [0.4, 0.5) is 5.69 Å². The molecule has 0 amide bonds. The van der Waals surface area contributed by atoms with E-state index in [4.69, 9.17) is 0 Å². The van der Waals surface area contributed by atoms with Crippen LogP contribution in [-0.2, 0) is 4.75 Å². The van der Waals surface area contributed by atoms with Gasteiger partial charge in [-0.2, -0.15) is 0 Å². The van der Waals surface area contributed by atoms with Crippen molar-refractivity contribution in [1.29, 1.82) is 0 Å². The molecule has 1 aromatic carbocycles. The SMILES string of the molecule is CCCCN(C)B(C)N(C)SC(C)(C)c1ccccc1NC. The van der Waals surface area contributed by atoms with E-state index in [1.54, 1.807) is 0 Å². The van der Waals surface area contributed by atoms with Crippen molar-refractivity contribution < 1.29 is 0 Å². The van der Waals surface area contributed by atoms with Gasteiger partial charge >= 0.3 is 6.98 Å². The maximum absolute atomic E-state index is 3.31. The van der Waals surface area contributed by atoms with Crippen LogP contribution >= 0.6 is 11.9 Å². The van der Waals surface area contributed by atoms with Crippen LogP contribution < -0.4 is 5.32 Å². The first-order chi connectivity index (χ1) is 10.3. The van der Waals surface area contributed by atoms with E-state index in [0.29, 0.717) is 6.98 Å². The highest BCUT2D eigenvalue weighted by atomic mass is 32.2. The minimum absolute atomic E-state index is 0.0220. The lowest BCUT2D eigenvalue weighted by Crippen LogP contribution is -2.45. The Kier molecular flexibility index (Phi) is 7.80. The van der Waals surface area contributed by atoms with Gasteiger partial charge in [-0.1, -0.05) is 50.3 Å². The van der Waals surface area contributed by atoms with Gasteiger partial charge in [-0.25, -0.2) is 0 Å². The Labute approximate surface area is 142 Å². The Morgan fingerprint density at radius 3 is 2.45 bits per heavy atom. The smallest absolute Gasteiger partial charge is 0.317 e. The second-order valence-corrected chi connectivity index (χ2v) is 8.19. The third-order valence-corrected chi connectivity index (χ3v) is 5.52. The third-order valence-electron chi connectivity index (χ3n) is 4.25. The average molecular weight is 321 g/mol. The van der Waals surface area contributed by atoms with Gasteiger partial charge in [0.05, 0.1) is 4.75 Å². The van der Waals surface area contributed by atoms with Crippen LogP contribution in [0.2, 0.25) is 6.82 Å². The summed E-state index contributed by atoms with van der Waals surface area (Å²) in [4.78, 5) is 2.43. The van der Waals surface area contributed by atoms with Crippen molar-refractivity contribution in [1.82, 2.24) is 9.03 Å². The summed E-state index contributed by atoms with van der Waals surface area (Å²) in [5.41, 5.74) is 2.55. The molecule has 0 unspecified atom stereocenters. The van der Waals surface area contributed by atoms with Gasteiger partial charge in [0.1, 0.15) is 0 Å². The van der Waals surface area contributed by atoms with E-state index in [2.05, 4.69) is 80.3 Å². The van der Waals surface area contributed by atoms with Crippen molar-refractivity contribution in [2.45, 2.75) is 45.2 Å². The molecule has 0 spiro atoms. The molecule has 3 nitrogen and oxygen atoms in total. The summed E-state index contributed by atoms with van der Waals surface area (Å²) in [7, 11) is 6.40. The van der Waals surface area contributed by atoms with Crippen LogP contribution in [0.15, 0.2) is 24.3 Å². The fourth-order valence-corrected chi connectivity index (χ4v) is 3.89. The summed E-state index contributed by atoms with van der Waals surface area (Å²) in [6, 6.07) is 8.57. The summed E-state index contributed by atoms with van der Waals surface area (Å²) >= 11 is 1.91. The van der Waals surface area contributed by atoms with E-state index in [9.17, 15) is 0 Å². The highest BCUT2D eigenvalue weighted by molar-refractivity contribution is 7.98. The Balaban J connectivity index is 2.78. The molecule has 0 radical (unpaired) electrons. The number of anilines is 1. The first-order valence-corrected chi connectivity index (χ1v) is 9.00. The number of rotatable bonds is 9. The monoisotopic (exact) mass is 321 g/mol. The quantitative estimate of drug-likeness (QED) is 0.537. The molecule has 1 aromatic rings. The van der Waals surface area contributed by atoms with E-state index in [0.717, 1.165) is 6.54 Å². The van der Waals surface area contributed by atoms with Gasteiger partial charge in [-0.05, 0) is 52.5 Å². The Hall–Kier alpha value is -0.645. The van der Waals surface area contributed by atoms with E-state index >= 15 is 0 Å². The lowest BCUT2D eigenvalue weighted by molar-refractivity contribution is 0.473. The van der Waals surface area contributed by atoms with Gasteiger partial charge in [0, 0.05) is 12.7 Å². The van der Waals surface area contributed by atoms with Crippen LogP contribution in [0.3, 0.4) is 0 Å². The first-order valence-electron chi connectivity index (χ1n) is 8.23. The zero-order valence-electron chi connectivity index (χ0n) is 15.3. The molecule has 0 fully saturated rings. The highest BCUT2D eigenvalue weighted by Gasteiger charge is 2.30. The second kappa shape index (κ2) is 8.85. The summed E-state index contributed by atoms with van der Waals surface area (Å²) in [5.74, 6) is 0. The van der Waals surface area contributed by atoms with Gasteiger partial charge in [0.25, 0.3) is 0 Å². The molecular weight excluding hydrogens is 289 g/mol. The number of benzene rings is 1. The molecule has 0 saturated heterocycles. The van der Waals surface area contributed by atoms with Crippen LogP contribution in [0, 0.1) is 0 Å². The van der Waals surface area contributed by atoms with Gasteiger partial charge in [0.15, 0.2) is 0 Å². The summed E-state index contributed by atoms with van der Waals surface area (Å²) < 4.78 is 2.40. The van der Waals surface area contributed by atoms with Crippen molar-refractivity contribution in [2.24, 2.45) is 0 Å². The largest absolute Gasteiger partial charge is 0.388 e. The van der Waals surface area contributed by atoms with E-state index < -0.39 is 0 Å². The van der Waals surface area contributed by atoms with Crippen LogP contribution in [0.25, 0.3) is 0 Å². The zero-order chi connectivity index (χ0) is 16.8. The molecule has 0 aliphatic heterocycles. The fourth-order valence-electron chi connectivity index (χ4n) is 2.58. The lowest BCUT2D eigenvalue weighted by atomic mass is 9.78. The van der Waals surface area contributed by atoms with Crippen molar-refractivity contribution >= 4 is 24.6 Å². The predicted molar refractivity (Wildman–Crippen MR) is 104 cm³/mol. The molecule has 0 atom stereocenters. The van der Waals surface area contributed by atoms with Gasteiger partial charge < -0.3 is 10.1 Å². The number of unbranched alkanes of at least 4 members (excludes halogenated alkanes) is 1. The molecule has 0 heterocycles. The maximum atomic E-state index is 3.31. The van der Waals surface area contributed by atoms with E-state index in [1.807, 2.05) is 19.0 Å². The fraction of sp³-hybridized carbons (Fsp3) is 0.647. The topological polar surface area (TPSA) is 18.5 Å². The third kappa shape index (κ3) is 5.22. The second-order valence-electron chi connectivity index (χ2n) is 6.41. The molecule has 0 aliphatic rings.